The van der Waals surface area contributed by atoms with Crippen LogP contribution in [0.2, 0.25) is 0 Å². The van der Waals surface area contributed by atoms with Crippen molar-refractivity contribution in [1.82, 2.24) is 26.2 Å². The molecule has 5 fully saturated rings. The molecule has 0 bridgehead atoms. The van der Waals surface area contributed by atoms with Gasteiger partial charge in [-0.1, -0.05) is 6.07 Å². The molecule has 5 aliphatic rings. The molecule has 3 aliphatic heterocycles. The monoisotopic (exact) mass is 521 g/mol. The van der Waals surface area contributed by atoms with Gasteiger partial charge in [0, 0.05) is 44.2 Å². The van der Waals surface area contributed by atoms with Crippen LogP contribution in [-0.4, -0.2) is 60.1 Å². The van der Waals surface area contributed by atoms with Gasteiger partial charge >= 0.3 is 12.3 Å². The zero-order valence-electron chi connectivity index (χ0n) is 20.7. The predicted octanol–water partition coefficient (Wildman–Crippen LogP) is 3.15. The zero-order chi connectivity index (χ0) is 25.7. The van der Waals surface area contributed by atoms with E-state index in [4.69, 9.17) is 4.74 Å². The average Bonchev–Trinajstić information content (AvgIpc) is 3.47. The number of hydrogen-bond donors (Lipinski definition) is 3. The molecule has 1 aromatic rings. The van der Waals surface area contributed by atoms with Crippen LogP contribution >= 0.6 is 0 Å². The first-order valence-corrected chi connectivity index (χ1v) is 13.4. The summed E-state index contributed by atoms with van der Waals surface area (Å²) < 4.78 is 45.0. The van der Waals surface area contributed by atoms with Crippen molar-refractivity contribution < 1.29 is 27.5 Å². The quantitative estimate of drug-likeness (QED) is 0.565. The Morgan fingerprint density at radius 1 is 0.946 bits per heavy atom. The first kappa shape index (κ1) is 24.9. The third-order valence-corrected chi connectivity index (χ3v) is 8.93. The summed E-state index contributed by atoms with van der Waals surface area (Å²) >= 11 is 0. The lowest BCUT2D eigenvalue weighted by Crippen LogP contribution is -2.45. The fourth-order valence-electron chi connectivity index (χ4n) is 6.63. The molecule has 0 spiro atoms. The molecule has 3 unspecified atom stereocenters. The van der Waals surface area contributed by atoms with Crippen molar-refractivity contribution in [1.29, 1.82) is 0 Å². The molecule has 2 aliphatic carbocycles. The number of benzene rings is 1. The number of halogens is 3. The first-order valence-electron chi connectivity index (χ1n) is 13.4. The molecule has 1 aromatic carbocycles. The summed E-state index contributed by atoms with van der Waals surface area (Å²) in [6, 6.07) is 4.35. The number of carbonyl (C=O) groups is 2. The number of amides is 2. The molecule has 2 amide bonds. The lowest BCUT2D eigenvalue weighted by molar-refractivity contribution is -0.138. The second kappa shape index (κ2) is 9.74. The van der Waals surface area contributed by atoms with Crippen LogP contribution in [0.1, 0.15) is 61.1 Å². The number of carbonyl (C=O) groups excluding carboxylic acids is 2. The maximum Gasteiger partial charge on any atom is 0.416 e. The van der Waals surface area contributed by atoms with Crippen molar-refractivity contribution >= 4 is 12.0 Å². The Morgan fingerprint density at radius 3 is 2.49 bits per heavy atom. The molecule has 3 N–H and O–H groups in total. The van der Waals surface area contributed by atoms with E-state index in [1.165, 1.54) is 12.1 Å². The summed E-state index contributed by atoms with van der Waals surface area (Å²) in [5.74, 6) is 0.976. The molecule has 0 radical (unpaired) electrons. The Hall–Kier alpha value is -2.37. The van der Waals surface area contributed by atoms with Gasteiger partial charge in [0.1, 0.15) is 6.61 Å². The number of piperidine rings is 1. The van der Waals surface area contributed by atoms with Gasteiger partial charge in [-0.25, -0.2) is 15.6 Å². The molecule has 0 aromatic heterocycles. The minimum atomic E-state index is -4.39. The first-order chi connectivity index (χ1) is 17.8. The highest BCUT2D eigenvalue weighted by atomic mass is 19.4. The number of rotatable bonds is 4. The fraction of sp³-hybridized carbons (Fsp3) is 0.692. The van der Waals surface area contributed by atoms with Crippen molar-refractivity contribution in [2.75, 3.05) is 26.2 Å². The molecule has 11 heteroatoms. The Balaban J connectivity index is 1.02. The van der Waals surface area contributed by atoms with Gasteiger partial charge in [-0.3, -0.25) is 4.79 Å². The van der Waals surface area contributed by atoms with Crippen LogP contribution in [0, 0.1) is 17.8 Å². The summed E-state index contributed by atoms with van der Waals surface area (Å²) in [4.78, 5) is 29.8. The van der Waals surface area contributed by atoms with Gasteiger partial charge in [0.2, 0.25) is 5.91 Å². The van der Waals surface area contributed by atoms with Crippen LogP contribution in [0.3, 0.4) is 0 Å². The molecule has 3 saturated heterocycles. The van der Waals surface area contributed by atoms with Gasteiger partial charge in [0.05, 0.1) is 5.56 Å². The standard InChI is InChI=1S/C26H34F3N5O3/c27-26(28,29)20-5-3-18(21(10-20)15-1-2-15)14-37-25(36)33-8-7-17-11-34(13-19(17)12-33)24(35)16-4-6-22-23(9-16)31-32-30-22/h3,5,10,15-17,19,22-23,30-32H,1-2,4,6-9,11-14H2/t16?,17-,19-,22?,23?/m1/s1. The second-order valence-corrected chi connectivity index (χ2v) is 11.4. The topological polar surface area (TPSA) is 85.9 Å². The molecular weight excluding hydrogens is 487 g/mol. The zero-order valence-corrected chi connectivity index (χ0v) is 20.7. The lowest BCUT2D eigenvalue weighted by Gasteiger charge is -2.33. The van der Waals surface area contributed by atoms with E-state index in [2.05, 4.69) is 16.4 Å². The number of nitrogens with one attached hydrogen (secondary N) is 3. The van der Waals surface area contributed by atoms with Crippen LogP contribution in [0.5, 0.6) is 0 Å². The number of ether oxygens (including phenoxy) is 1. The van der Waals surface area contributed by atoms with Gasteiger partial charge in [-0.05, 0) is 79.5 Å². The summed E-state index contributed by atoms with van der Waals surface area (Å²) in [5, 5.41) is 0. The molecule has 6 rings (SSSR count). The molecule has 202 valence electrons. The largest absolute Gasteiger partial charge is 0.445 e. The minimum absolute atomic E-state index is 0.0282. The molecule has 5 atom stereocenters. The highest BCUT2D eigenvalue weighted by Gasteiger charge is 2.44. The van der Waals surface area contributed by atoms with Crippen molar-refractivity contribution in [3.63, 3.8) is 0 Å². The summed E-state index contributed by atoms with van der Waals surface area (Å²) in [5.41, 5.74) is 10.0. The molecular formula is C26H34F3N5O3. The third kappa shape index (κ3) is 5.18. The van der Waals surface area contributed by atoms with Crippen LogP contribution in [0.4, 0.5) is 18.0 Å². The van der Waals surface area contributed by atoms with Gasteiger partial charge in [0.15, 0.2) is 0 Å². The highest BCUT2D eigenvalue weighted by molar-refractivity contribution is 5.79. The normalized spacial score (nSPS) is 31.7. The highest BCUT2D eigenvalue weighted by Crippen LogP contribution is 2.44. The number of nitrogens with zero attached hydrogens (tertiary/aromatic N) is 2. The van der Waals surface area contributed by atoms with Crippen molar-refractivity contribution in [2.24, 2.45) is 17.8 Å². The summed E-state index contributed by atoms with van der Waals surface area (Å²) in [7, 11) is 0. The van der Waals surface area contributed by atoms with E-state index < -0.39 is 17.8 Å². The van der Waals surface area contributed by atoms with Crippen molar-refractivity contribution in [3.8, 4) is 0 Å². The predicted molar refractivity (Wildman–Crippen MR) is 128 cm³/mol. The van der Waals surface area contributed by atoms with Gasteiger partial charge in [-0.2, -0.15) is 18.7 Å². The minimum Gasteiger partial charge on any atom is -0.445 e. The van der Waals surface area contributed by atoms with E-state index in [-0.39, 0.29) is 36.3 Å². The smallest absolute Gasteiger partial charge is 0.416 e. The maximum atomic E-state index is 13.3. The molecule has 8 nitrogen and oxygen atoms in total. The number of fused-ring (bicyclic) bond motifs is 2. The average molecular weight is 522 g/mol. The SMILES string of the molecule is O=C(OCc1ccc(C(F)(F)F)cc1C1CC1)N1CC[C@@H]2CN(C(=O)C3CCC4NNNC4C3)C[C@H]2C1. The molecule has 3 heterocycles. The van der Waals surface area contributed by atoms with E-state index in [1.807, 2.05) is 4.90 Å². The fourth-order valence-corrected chi connectivity index (χ4v) is 6.63. The Labute approximate surface area is 214 Å². The summed E-state index contributed by atoms with van der Waals surface area (Å²) in [6.45, 7) is 2.49. The Bertz CT molecular complexity index is 1050. The number of likely N-dealkylation sites (tertiary alicyclic amines) is 2. The van der Waals surface area contributed by atoms with Gasteiger partial charge in [0.25, 0.3) is 0 Å². The molecule has 2 saturated carbocycles. The second-order valence-electron chi connectivity index (χ2n) is 11.4. The molecule has 37 heavy (non-hydrogen) atoms. The third-order valence-electron chi connectivity index (χ3n) is 8.93. The Kier molecular flexibility index (Phi) is 6.57. The number of hydrogen-bond acceptors (Lipinski definition) is 6. The van der Waals surface area contributed by atoms with Gasteiger partial charge < -0.3 is 14.5 Å². The van der Waals surface area contributed by atoms with E-state index >= 15 is 0 Å². The number of hydrazine groups is 2. The van der Waals surface area contributed by atoms with E-state index in [1.54, 1.807) is 4.90 Å². The Morgan fingerprint density at radius 2 is 1.70 bits per heavy atom. The van der Waals surface area contributed by atoms with E-state index in [0.29, 0.717) is 42.7 Å². The van der Waals surface area contributed by atoms with Crippen molar-refractivity contribution in [2.45, 2.75) is 69.3 Å². The maximum absolute atomic E-state index is 13.3. The van der Waals surface area contributed by atoms with E-state index in [9.17, 15) is 22.8 Å². The van der Waals surface area contributed by atoms with Crippen LogP contribution in [-0.2, 0) is 22.3 Å². The van der Waals surface area contributed by atoms with Crippen LogP contribution in [0.15, 0.2) is 18.2 Å². The van der Waals surface area contributed by atoms with Crippen LogP contribution < -0.4 is 16.4 Å². The van der Waals surface area contributed by atoms with Gasteiger partial charge in [-0.15, -0.1) is 0 Å². The lowest BCUT2D eigenvalue weighted by atomic mass is 9.82. The summed E-state index contributed by atoms with van der Waals surface area (Å²) in [6.07, 6.45) is 0.383. The van der Waals surface area contributed by atoms with E-state index in [0.717, 1.165) is 51.1 Å². The van der Waals surface area contributed by atoms with Crippen molar-refractivity contribution in [3.05, 3.63) is 34.9 Å². The number of alkyl halides is 3. The van der Waals surface area contributed by atoms with Crippen LogP contribution in [0.25, 0.3) is 0 Å².